The molecule has 1 aromatic heterocycles. The second kappa shape index (κ2) is 7.98. The van der Waals surface area contributed by atoms with Gasteiger partial charge >= 0.3 is 0 Å². The third-order valence-electron chi connectivity index (χ3n) is 5.68. The van der Waals surface area contributed by atoms with Crippen molar-refractivity contribution < 1.29 is 4.79 Å². The molecule has 0 amide bonds. The highest BCUT2D eigenvalue weighted by molar-refractivity contribution is 7.99. The van der Waals surface area contributed by atoms with Gasteiger partial charge in [0.1, 0.15) is 6.04 Å². The molecular weight excluding hydrogens is 380 g/mol. The molecule has 4 rings (SSSR count). The molecule has 0 saturated heterocycles. The highest BCUT2D eigenvalue weighted by Gasteiger charge is 2.41. The van der Waals surface area contributed by atoms with E-state index in [1.807, 2.05) is 4.68 Å². The Balaban J connectivity index is 1.73. The van der Waals surface area contributed by atoms with Gasteiger partial charge in [0.15, 0.2) is 5.78 Å². The monoisotopic (exact) mass is 410 g/mol. The summed E-state index contributed by atoms with van der Waals surface area (Å²) in [5, 5.41) is 9.05. The summed E-state index contributed by atoms with van der Waals surface area (Å²) in [6.07, 6.45) is 5.02. The van der Waals surface area contributed by atoms with Crippen LogP contribution in [0.1, 0.15) is 70.0 Å². The fraction of sp³-hybridized carbons (Fsp3) is 0.522. The molecule has 2 aliphatic rings. The van der Waals surface area contributed by atoms with Crippen molar-refractivity contribution in [3.8, 4) is 0 Å². The number of carbonyl (C=O) groups excluding carboxylic acids is 1. The van der Waals surface area contributed by atoms with Gasteiger partial charge in [0.2, 0.25) is 11.1 Å². The van der Waals surface area contributed by atoms with E-state index >= 15 is 0 Å². The van der Waals surface area contributed by atoms with Gasteiger partial charge in [0.25, 0.3) is 0 Å². The maximum absolute atomic E-state index is 13.2. The van der Waals surface area contributed by atoms with Crippen LogP contribution in [0.4, 0.5) is 5.95 Å². The number of nitrogens with zero attached hydrogens (tertiary/aromatic N) is 3. The van der Waals surface area contributed by atoms with E-state index < -0.39 is 0 Å². The molecule has 0 spiro atoms. The lowest BCUT2D eigenvalue weighted by molar-refractivity contribution is -0.118. The number of allylic oxidation sites excluding steroid dienone is 2. The number of carbonyl (C=O) groups is 1. The summed E-state index contributed by atoms with van der Waals surface area (Å²) in [6, 6.07) is 8.23. The topological polar surface area (TPSA) is 59.8 Å². The van der Waals surface area contributed by atoms with E-state index in [2.05, 4.69) is 57.3 Å². The molecule has 1 aromatic carbocycles. The lowest BCUT2D eigenvalue weighted by Gasteiger charge is -2.38. The van der Waals surface area contributed by atoms with Gasteiger partial charge in [-0.1, -0.05) is 75.2 Å². The number of Topliss-reactive ketones (excluding diaryl/α,β-unsaturated/α-hetero) is 1. The first-order chi connectivity index (χ1) is 13.9. The van der Waals surface area contributed by atoms with Crippen LogP contribution in [0.15, 0.2) is 40.7 Å². The number of aryl methyl sites for hydroxylation is 1. The van der Waals surface area contributed by atoms with Crippen LogP contribution >= 0.6 is 11.8 Å². The smallest absolute Gasteiger partial charge is 0.227 e. The third-order valence-corrected chi connectivity index (χ3v) is 6.61. The number of aromatic nitrogens is 3. The number of fused-ring (bicyclic) bond motifs is 1. The van der Waals surface area contributed by atoms with Crippen LogP contribution in [0.2, 0.25) is 0 Å². The first-order valence-electron chi connectivity index (χ1n) is 10.6. The van der Waals surface area contributed by atoms with E-state index in [-0.39, 0.29) is 17.2 Å². The maximum atomic E-state index is 13.2. The molecule has 2 aromatic rings. The normalized spacial score (nSPS) is 20.3. The summed E-state index contributed by atoms with van der Waals surface area (Å²) in [5.74, 6) is 1.98. The van der Waals surface area contributed by atoms with Gasteiger partial charge in [0.05, 0.1) is 0 Å². The number of anilines is 1. The number of rotatable bonds is 6. The minimum absolute atomic E-state index is 0.0410. The first kappa shape index (κ1) is 20.2. The van der Waals surface area contributed by atoms with Crippen molar-refractivity contribution in [3.63, 3.8) is 0 Å². The van der Waals surface area contributed by atoms with Crippen LogP contribution in [-0.2, 0) is 4.79 Å². The highest BCUT2D eigenvalue weighted by Crippen LogP contribution is 2.45. The molecule has 6 heteroatoms. The molecule has 1 atom stereocenters. The summed E-state index contributed by atoms with van der Waals surface area (Å²) in [5.41, 5.74) is 4.12. The predicted octanol–water partition coefficient (Wildman–Crippen LogP) is 5.53. The Kier molecular flexibility index (Phi) is 5.56. The molecule has 0 radical (unpaired) electrons. The van der Waals surface area contributed by atoms with E-state index in [0.717, 1.165) is 40.1 Å². The number of nitrogens with one attached hydrogen (secondary N) is 1. The summed E-state index contributed by atoms with van der Waals surface area (Å²) in [6.45, 7) is 8.61. The zero-order valence-electron chi connectivity index (χ0n) is 17.8. The van der Waals surface area contributed by atoms with Gasteiger partial charge < -0.3 is 5.32 Å². The van der Waals surface area contributed by atoms with Crippen molar-refractivity contribution in [1.82, 2.24) is 14.8 Å². The predicted molar refractivity (Wildman–Crippen MR) is 118 cm³/mol. The third kappa shape index (κ3) is 4.13. The summed E-state index contributed by atoms with van der Waals surface area (Å²) in [4.78, 5) is 18.0. The van der Waals surface area contributed by atoms with E-state index in [9.17, 15) is 4.79 Å². The molecular formula is C23H30N4OS. The number of thioether (sulfide) groups is 1. The van der Waals surface area contributed by atoms with E-state index in [1.165, 1.54) is 24.8 Å². The van der Waals surface area contributed by atoms with Crippen molar-refractivity contribution in [2.75, 3.05) is 11.1 Å². The van der Waals surface area contributed by atoms with Crippen molar-refractivity contribution in [1.29, 1.82) is 0 Å². The lowest BCUT2D eigenvalue weighted by atomic mass is 9.73. The zero-order chi connectivity index (χ0) is 20.6. The van der Waals surface area contributed by atoms with Crippen LogP contribution in [0.3, 0.4) is 0 Å². The quantitative estimate of drug-likeness (QED) is 0.501. The highest BCUT2D eigenvalue weighted by atomic mass is 32.2. The van der Waals surface area contributed by atoms with Gasteiger partial charge in [-0.25, -0.2) is 4.68 Å². The number of hydrogen-bond donors (Lipinski definition) is 1. The van der Waals surface area contributed by atoms with Gasteiger partial charge in [-0.2, -0.15) is 4.98 Å². The summed E-state index contributed by atoms with van der Waals surface area (Å²) < 4.78 is 1.92. The van der Waals surface area contributed by atoms with E-state index in [1.54, 1.807) is 11.8 Å². The van der Waals surface area contributed by atoms with Crippen molar-refractivity contribution >= 4 is 23.5 Å². The second-order valence-electron chi connectivity index (χ2n) is 8.99. The summed E-state index contributed by atoms with van der Waals surface area (Å²) in [7, 11) is 0. The average Bonchev–Trinajstić information content (AvgIpc) is 3.06. The molecule has 1 N–H and O–H groups in total. The number of ketones is 1. The number of unbranched alkanes of at least 4 members (excludes halogenated alkanes) is 2. The van der Waals surface area contributed by atoms with Crippen molar-refractivity contribution in [2.45, 2.75) is 71.0 Å². The van der Waals surface area contributed by atoms with Gasteiger partial charge in [-0.3, -0.25) is 4.79 Å². The molecule has 0 bridgehead atoms. The fourth-order valence-corrected chi connectivity index (χ4v) is 5.05. The lowest BCUT2D eigenvalue weighted by Crippen LogP contribution is -2.36. The summed E-state index contributed by atoms with van der Waals surface area (Å²) >= 11 is 1.70. The molecule has 1 aliphatic carbocycles. The Hall–Kier alpha value is -2.08. The molecule has 0 saturated carbocycles. The number of benzene rings is 1. The Bertz CT molecular complexity index is 942. The van der Waals surface area contributed by atoms with Crippen LogP contribution in [0.25, 0.3) is 0 Å². The van der Waals surface area contributed by atoms with Crippen molar-refractivity contribution in [3.05, 3.63) is 46.7 Å². The molecule has 29 heavy (non-hydrogen) atoms. The minimum atomic E-state index is -0.206. The van der Waals surface area contributed by atoms with Crippen molar-refractivity contribution in [2.24, 2.45) is 5.41 Å². The van der Waals surface area contributed by atoms with Gasteiger partial charge in [-0.05, 0) is 30.7 Å². The first-order valence-corrected chi connectivity index (χ1v) is 11.6. The van der Waals surface area contributed by atoms with Crippen LogP contribution in [0.5, 0.6) is 0 Å². The Morgan fingerprint density at radius 1 is 1.21 bits per heavy atom. The van der Waals surface area contributed by atoms with Crippen LogP contribution < -0.4 is 5.32 Å². The second-order valence-corrected chi connectivity index (χ2v) is 10.1. The standard InChI is InChI=1S/C23H30N4OS/c1-5-6-7-12-29-22-25-21-24-17-13-23(3,4)14-18(28)19(17)20(27(21)26-22)16-10-8-15(2)9-11-16/h8-11,20H,5-7,12-14H2,1-4H3,(H,24,25,26)/t20-/m1/s1. The molecule has 5 nitrogen and oxygen atoms in total. The maximum Gasteiger partial charge on any atom is 0.227 e. The zero-order valence-corrected chi connectivity index (χ0v) is 18.6. The van der Waals surface area contributed by atoms with E-state index in [4.69, 9.17) is 10.1 Å². The van der Waals surface area contributed by atoms with Crippen LogP contribution in [-0.4, -0.2) is 26.3 Å². The van der Waals surface area contributed by atoms with Crippen LogP contribution in [0, 0.1) is 12.3 Å². The van der Waals surface area contributed by atoms with E-state index in [0.29, 0.717) is 6.42 Å². The Morgan fingerprint density at radius 3 is 2.69 bits per heavy atom. The Labute approximate surface area is 177 Å². The number of hydrogen-bond acceptors (Lipinski definition) is 5. The molecule has 154 valence electrons. The van der Waals surface area contributed by atoms with Gasteiger partial charge in [0, 0.05) is 23.4 Å². The minimum Gasteiger partial charge on any atom is -0.328 e. The fourth-order valence-electron chi connectivity index (χ4n) is 4.22. The molecule has 1 aliphatic heterocycles. The Morgan fingerprint density at radius 2 is 1.97 bits per heavy atom. The molecule has 0 fully saturated rings. The largest absolute Gasteiger partial charge is 0.328 e. The molecule has 0 unspecified atom stereocenters. The SMILES string of the molecule is CCCCCSc1nc2n(n1)[C@H](c1ccc(C)cc1)C1=C(CC(C)(C)CC1=O)N2. The average molecular weight is 411 g/mol. The molecule has 2 heterocycles. The van der Waals surface area contributed by atoms with Gasteiger partial charge in [-0.15, -0.1) is 5.10 Å².